The third-order valence-corrected chi connectivity index (χ3v) is 5.05. The molecule has 2 aliphatic heterocycles. The molecule has 2 aliphatic rings. The van der Waals surface area contributed by atoms with Gasteiger partial charge in [-0.25, -0.2) is 0 Å². The lowest BCUT2D eigenvalue weighted by Gasteiger charge is -2.28. The topological polar surface area (TPSA) is 50.8 Å². The first-order valence-electron chi connectivity index (χ1n) is 9.42. The SMILES string of the molecule is CC(C)[C@@H](OC[C@H]1CCCO1)C(=O)Nc1ccc2c(c1)CCCN2C. The smallest absolute Gasteiger partial charge is 0.253 e. The summed E-state index contributed by atoms with van der Waals surface area (Å²) in [6.45, 7) is 6.41. The molecule has 0 bridgehead atoms. The molecular formula is C20H30N2O3. The minimum Gasteiger partial charge on any atom is -0.376 e. The fourth-order valence-electron chi connectivity index (χ4n) is 3.63. The van der Waals surface area contributed by atoms with Crippen LogP contribution in [0.5, 0.6) is 0 Å². The van der Waals surface area contributed by atoms with E-state index >= 15 is 0 Å². The molecule has 25 heavy (non-hydrogen) atoms. The highest BCUT2D eigenvalue weighted by Crippen LogP contribution is 2.28. The molecule has 138 valence electrons. The van der Waals surface area contributed by atoms with Gasteiger partial charge in [0, 0.05) is 31.6 Å². The van der Waals surface area contributed by atoms with E-state index in [0.717, 1.165) is 44.5 Å². The van der Waals surface area contributed by atoms with Crippen molar-refractivity contribution in [3.05, 3.63) is 23.8 Å². The molecule has 0 saturated carbocycles. The van der Waals surface area contributed by atoms with Crippen molar-refractivity contribution < 1.29 is 14.3 Å². The first-order valence-corrected chi connectivity index (χ1v) is 9.42. The van der Waals surface area contributed by atoms with Crippen molar-refractivity contribution in [2.24, 2.45) is 5.92 Å². The van der Waals surface area contributed by atoms with Crippen molar-refractivity contribution in [2.45, 2.75) is 51.7 Å². The number of fused-ring (bicyclic) bond motifs is 1. The number of benzene rings is 1. The monoisotopic (exact) mass is 346 g/mol. The Morgan fingerprint density at radius 3 is 2.96 bits per heavy atom. The van der Waals surface area contributed by atoms with Gasteiger partial charge >= 0.3 is 0 Å². The summed E-state index contributed by atoms with van der Waals surface area (Å²) in [4.78, 5) is 15.0. The van der Waals surface area contributed by atoms with Crippen LogP contribution >= 0.6 is 0 Å². The van der Waals surface area contributed by atoms with E-state index in [1.807, 2.05) is 19.9 Å². The summed E-state index contributed by atoms with van der Waals surface area (Å²) in [6, 6.07) is 6.18. The van der Waals surface area contributed by atoms with Gasteiger partial charge in [0.2, 0.25) is 0 Å². The predicted molar refractivity (Wildman–Crippen MR) is 100 cm³/mol. The van der Waals surface area contributed by atoms with Gasteiger partial charge in [-0.2, -0.15) is 0 Å². The molecule has 3 rings (SSSR count). The van der Waals surface area contributed by atoms with Crippen molar-refractivity contribution in [1.29, 1.82) is 0 Å². The number of aryl methyl sites for hydroxylation is 1. The normalized spacial score (nSPS) is 21.3. The number of amides is 1. The number of rotatable bonds is 6. The number of nitrogens with zero attached hydrogens (tertiary/aromatic N) is 1. The van der Waals surface area contributed by atoms with Crippen molar-refractivity contribution in [1.82, 2.24) is 0 Å². The molecule has 1 fully saturated rings. The van der Waals surface area contributed by atoms with Crippen LogP contribution < -0.4 is 10.2 Å². The molecule has 0 radical (unpaired) electrons. The molecule has 1 amide bonds. The van der Waals surface area contributed by atoms with Crippen LogP contribution in [-0.2, 0) is 20.7 Å². The second-order valence-electron chi connectivity index (χ2n) is 7.49. The van der Waals surface area contributed by atoms with Crippen LogP contribution in [0.1, 0.15) is 38.7 Å². The molecule has 1 aromatic rings. The van der Waals surface area contributed by atoms with E-state index in [1.54, 1.807) is 0 Å². The van der Waals surface area contributed by atoms with E-state index in [9.17, 15) is 4.79 Å². The van der Waals surface area contributed by atoms with Crippen LogP contribution in [-0.4, -0.2) is 44.9 Å². The van der Waals surface area contributed by atoms with E-state index < -0.39 is 6.10 Å². The van der Waals surface area contributed by atoms with Crippen LogP contribution in [0.3, 0.4) is 0 Å². The van der Waals surface area contributed by atoms with Crippen molar-refractivity contribution in [2.75, 3.05) is 37.0 Å². The Morgan fingerprint density at radius 2 is 2.24 bits per heavy atom. The van der Waals surface area contributed by atoms with Gasteiger partial charge < -0.3 is 19.7 Å². The van der Waals surface area contributed by atoms with Gasteiger partial charge in [0.1, 0.15) is 6.10 Å². The van der Waals surface area contributed by atoms with Gasteiger partial charge in [-0.3, -0.25) is 4.79 Å². The Kier molecular flexibility index (Phi) is 5.97. The Hall–Kier alpha value is -1.59. The van der Waals surface area contributed by atoms with Gasteiger partial charge in [0.05, 0.1) is 12.7 Å². The van der Waals surface area contributed by atoms with Crippen LogP contribution in [0, 0.1) is 5.92 Å². The summed E-state index contributed by atoms with van der Waals surface area (Å²) in [6.07, 6.45) is 3.99. The average Bonchev–Trinajstić information content (AvgIpc) is 3.08. The third kappa shape index (κ3) is 4.53. The standard InChI is InChI=1S/C20H30N2O3/c1-14(2)19(25-13-17-7-5-11-24-17)20(23)21-16-8-9-18-15(12-16)6-4-10-22(18)3/h8-9,12,14,17,19H,4-7,10-11,13H2,1-3H3,(H,21,23)/t17-,19-/m1/s1. The number of hydrogen-bond acceptors (Lipinski definition) is 4. The van der Waals surface area contributed by atoms with E-state index in [4.69, 9.17) is 9.47 Å². The molecule has 0 aliphatic carbocycles. The number of hydrogen-bond donors (Lipinski definition) is 1. The molecule has 1 N–H and O–H groups in total. The zero-order chi connectivity index (χ0) is 17.8. The summed E-state index contributed by atoms with van der Waals surface area (Å²) in [5.41, 5.74) is 3.41. The lowest BCUT2D eigenvalue weighted by molar-refractivity contribution is -0.132. The van der Waals surface area contributed by atoms with Crippen LogP contribution in [0.15, 0.2) is 18.2 Å². The maximum absolute atomic E-state index is 12.7. The number of nitrogens with one attached hydrogen (secondary N) is 1. The summed E-state index contributed by atoms with van der Waals surface area (Å²) in [7, 11) is 2.12. The Labute approximate surface area is 150 Å². The van der Waals surface area contributed by atoms with Crippen LogP contribution in [0.2, 0.25) is 0 Å². The van der Waals surface area contributed by atoms with E-state index in [1.165, 1.54) is 11.3 Å². The summed E-state index contributed by atoms with van der Waals surface area (Å²) < 4.78 is 11.5. The second kappa shape index (κ2) is 8.19. The van der Waals surface area contributed by atoms with Crippen LogP contribution in [0.25, 0.3) is 0 Å². The molecule has 0 spiro atoms. The van der Waals surface area contributed by atoms with E-state index in [2.05, 4.69) is 29.4 Å². The van der Waals surface area contributed by atoms with Gasteiger partial charge in [0.25, 0.3) is 5.91 Å². The number of carbonyl (C=O) groups is 1. The maximum atomic E-state index is 12.7. The fraction of sp³-hybridized carbons (Fsp3) is 0.650. The highest BCUT2D eigenvalue weighted by molar-refractivity contribution is 5.94. The molecule has 0 unspecified atom stereocenters. The van der Waals surface area contributed by atoms with Crippen LogP contribution in [0.4, 0.5) is 11.4 Å². The highest BCUT2D eigenvalue weighted by Gasteiger charge is 2.26. The molecular weight excluding hydrogens is 316 g/mol. The predicted octanol–water partition coefficient (Wildman–Crippen LogP) is 3.23. The molecule has 1 aromatic carbocycles. The Balaban J connectivity index is 1.62. The zero-order valence-corrected chi connectivity index (χ0v) is 15.6. The average molecular weight is 346 g/mol. The minimum absolute atomic E-state index is 0.0721. The molecule has 5 heteroatoms. The zero-order valence-electron chi connectivity index (χ0n) is 15.6. The quantitative estimate of drug-likeness (QED) is 0.859. The molecule has 2 heterocycles. The summed E-state index contributed by atoms with van der Waals surface area (Å²) >= 11 is 0. The number of anilines is 2. The molecule has 5 nitrogen and oxygen atoms in total. The Morgan fingerprint density at radius 1 is 1.40 bits per heavy atom. The summed E-state index contributed by atoms with van der Waals surface area (Å²) in [5, 5.41) is 3.04. The van der Waals surface area contributed by atoms with Crippen molar-refractivity contribution >= 4 is 17.3 Å². The van der Waals surface area contributed by atoms with Crippen molar-refractivity contribution in [3.63, 3.8) is 0 Å². The van der Waals surface area contributed by atoms with Gasteiger partial charge in [0.15, 0.2) is 0 Å². The van der Waals surface area contributed by atoms with Crippen molar-refractivity contribution in [3.8, 4) is 0 Å². The van der Waals surface area contributed by atoms with Gasteiger partial charge in [-0.15, -0.1) is 0 Å². The largest absolute Gasteiger partial charge is 0.376 e. The van der Waals surface area contributed by atoms with E-state index in [0.29, 0.717) is 6.61 Å². The first kappa shape index (κ1) is 18.2. The Bertz CT molecular complexity index is 597. The fourth-order valence-corrected chi connectivity index (χ4v) is 3.63. The highest BCUT2D eigenvalue weighted by atomic mass is 16.5. The third-order valence-electron chi connectivity index (χ3n) is 5.05. The maximum Gasteiger partial charge on any atom is 0.253 e. The molecule has 2 atom stereocenters. The lowest BCUT2D eigenvalue weighted by atomic mass is 10.0. The summed E-state index contributed by atoms with van der Waals surface area (Å²) in [5.74, 6) is 0.0438. The van der Waals surface area contributed by atoms with Gasteiger partial charge in [-0.05, 0) is 55.4 Å². The number of carbonyl (C=O) groups excluding carboxylic acids is 1. The van der Waals surface area contributed by atoms with Gasteiger partial charge in [-0.1, -0.05) is 13.8 Å². The lowest BCUT2D eigenvalue weighted by Crippen LogP contribution is -2.37. The number of ether oxygens (including phenoxy) is 2. The minimum atomic E-state index is -0.456. The second-order valence-corrected chi connectivity index (χ2v) is 7.49. The van der Waals surface area contributed by atoms with E-state index in [-0.39, 0.29) is 17.9 Å². The molecule has 1 saturated heterocycles. The molecule has 0 aromatic heterocycles. The first-order chi connectivity index (χ1) is 12.0.